The van der Waals surface area contributed by atoms with Crippen LogP contribution in [0.4, 0.5) is 0 Å². The van der Waals surface area contributed by atoms with Crippen molar-refractivity contribution in [3.05, 3.63) is 48.0 Å². The Labute approximate surface area is 126 Å². The molecule has 21 heavy (non-hydrogen) atoms. The molecule has 1 atom stereocenters. The Kier molecular flexibility index (Phi) is 2.32. The fourth-order valence-electron chi connectivity index (χ4n) is 3.21. The van der Waals surface area contributed by atoms with Crippen molar-refractivity contribution in [3.8, 4) is 11.1 Å². The zero-order chi connectivity index (χ0) is 16.1. The van der Waals surface area contributed by atoms with Crippen LogP contribution in [0.25, 0.3) is 11.1 Å². The molecule has 1 aliphatic carbocycles. The predicted molar refractivity (Wildman–Crippen MR) is 81.3 cm³/mol. The van der Waals surface area contributed by atoms with Gasteiger partial charge in [0, 0.05) is 31.3 Å². The number of fused-ring (bicyclic) bond motifs is 1. The number of aromatic nitrogens is 2. The molecule has 2 aromatic rings. The van der Waals surface area contributed by atoms with Crippen molar-refractivity contribution >= 4 is 5.90 Å². The van der Waals surface area contributed by atoms with Gasteiger partial charge in [-0.05, 0) is 29.5 Å². The van der Waals surface area contributed by atoms with E-state index in [0.717, 1.165) is 23.1 Å². The number of benzene rings is 1. The van der Waals surface area contributed by atoms with Gasteiger partial charge in [0.25, 0.3) is 0 Å². The van der Waals surface area contributed by atoms with Crippen LogP contribution in [0.15, 0.2) is 41.9 Å². The number of ether oxygens (including phenoxy) is 1. The number of aliphatic imine (C=N–C) groups is 1. The van der Waals surface area contributed by atoms with Crippen molar-refractivity contribution in [1.82, 2.24) is 9.97 Å². The van der Waals surface area contributed by atoms with Crippen LogP contribution in [-0.4, -0.2) is 28.0 Å². The molecule has 0 bridgehead atoms. The summed E-state index contributed by atoms with van der Waals surface area (Å²) < 4.78 is 21.9. The van der Waals surface area contributed by atoms with E-state index in [-0.39, 0.29) is 0 Å². The molecule has 2 heterocycles. The third kappa shape index (κ3) is 2.11. The standard InChI is InChI=1S/C17H17N3O/c1-12-20-17(10-21-12)6-5-13-3-2-4-15(16(13)7-17)14-8-18-11-19-9-14/h2-4,8-9,11H,5-7,10H2,1H3/t17-/m0/s1/i10D2. The molecule has 1 aliphatic heterocycles. The van der Waals surface area contributed by atoms with Crippen molar-refractivity contribution in [3.63, 3.8) is 0 Å². The zero-order valence-corrected chi connectivity index (χ0v) is 11.8. The number of aryl methyl sites for hydroxylation is 1. The smallest absolute Gasteiger partial charge is 0.180 e. The van der Waals surface area contributed by atoms with Gasteiger partial charge in [-0.1, -0.05) is 18.2 Å². The van der Waals surface area contributed by atoms with Crippen LogP contribution in [0.3, 0.4) is 0 Å². The van der Waals surface area contributed by atoms with Crippen LogP contribution in [0.2, 0.25) is 0 Å². The van der Waals surface area contributed by atoms with Crippen molar-refractivity contribution in [2.75, 3.05) is 6.56 Å². The Morgan fingerprint density at radius 1 is 1.29 bits per heavy atom. The fraction of sp³-hybridized carbons (Fsp3) is 0.353. The van der Waals surface area contributed by atoms with Gasteiger partial charge in [0.05, 0.1) is 2.74 Å². The van der Waals surface area contributed by atoms with E-state index in [1.165, 1.54) is 11.9 Å². The molecule has 1 aromatic carbocycles. The van der Waals surface area contributed by atoms with Crippen LogP contribution in [0.5, 0.6) is 0 Å². The summed E-state index contributed by atoms with van der Waals surface area (Å²) in [6.07, 6.45) is 7.06. The number of hydrogen-bond donors (Lipinski definition) is 0. The average Bonchev–Trinajstić information content (AvgIpc) is 2.75. The summed E-state index contributed by atoms with van der Waals surface area (Å²) in [7, 11) is 0. The molecule has 0 saturated carbocycles. The van der Waals surface area contributed by atoms with E-state index in [0.29, 0.717) is 18.7 Å². The van der Waals surface area contributed by atoms with E-state index in [1.807, 2.05) is 12.1 Å². The summed E-state index contributed by atoms with van der Waals surface area (Å²) in [5, 5.41) is 0. The van der Waals surface area contributed by atoms with Gasteiger partial charge in [-0.3, -0.25) is 0 Å². The monoisotopic (exact) mass is 281 g/mol. The van der Waals surface area contributed by atoms with Crippen LogP contribution in [0, 0.1) is 0 Å². The van der Waals surface area contributed by atoms with Crippen molar-refractivity contribution in [2.45, 2.75) is 31.7 Å². The quantitative estimate of drug-likeness (QED) is 0.807. The van der Waals surface area contributed by atoms with Crippen molar-refractivity contribution in [1.29, 1.82) is 0 Å². The molecule has 0 N–H and O–H groups in total. The molecular weight excluding hydrogens is 262 g/mol. The molecule has 4 rings (SSSR count). The maximum atomic E-state index is 8.28. The number of hydrogen-bond acceptors (Lipinski definition) is 4. The normalized spacial score (nSPS) is 27.4. The Balaban J connectivity index is 1.84. The highest BCUT2D eigenvalue weighted by Gasteiger charge is 2.39. The molecule has 4 heteroatoms. The molecule has 2 aliphatic rings. The van der Waals surface area contributed by atoms with Gasteiger partial charge in [0.2, 0.25) is 0 Å². The summed E-state index contributed by atoms with van der Waals surface area (Å²) in [5.74, 6) is 0.430. The molecule has 106 valence electrons. The highest BCUT2D eigenvalue weighted by molar-refractivity contribution is 5.76. The molecule has 0 unspecified atom stereocenters. The van der Waals surface area contributed by atoms with Gasteiger partial charge in [0.1, 0.15) is 18.4 Å². The summed E-state index contributed by atoms with van der Waals surface area (Å²) in [5.41, 5.74) is 3.53. The van der Waals surface area contributed by atoms with Crippen molar-refractivity contribution in [2.24, 2.45) is 4.99 Å². The largest absolute Gasteiger partial charge is 0.479 e. The fourth-order valence-corrected chi connectivity index (χ4v) is 3.21. The second kappa shape index (κ2) is 4.65. The Morgan fingerprint density at radius 2 is 2.14 bits per heavy atom. The lowest BCUT2D eigenvalue weighted by Gasteiger charge is -2.32. The van der Waals surface area contributed by atoms with E-state index in [2.05, 4.69) is 21.0 Å². The summed E-state index contributed by atoms with van der Waals surface area (Å²) in [4.78, 5) is 12.8. The van der Waals surface area contributed by atoms with Gasteiger partial charge in [0.15, 0.2) is 5.90 Å². The average molecular weight is 281 g/mol. The second-order valence-electron chi connectivity index (χ2n) is 5.61. The first-order valence-corrected chi connectivity index (χ1v) is 7.12. The van der Waals surface area contributed by atoms with Crippen molar-refractivity contribution < 1.29 is 7.48 Å². The molecule has 0 radical (unpaired) electrons. The highest BCUT2D eigenvalue weighted by Crippen LogP contribution is 2.39. The Hall–Kier alpha value is -2.23. The first-order chi connectivity index (χ1) is 11.0. The van der Waals surface area contributed by atoms with Gasteiger partial charge in [-0.2, -0.15) is 0 Å². The lowest BCUT2D eigenvalue weighted by Crippen LogP contribution is -2.35. The van der Waals surface area contributed by atoms with E-state index in [1.54, 1.807) is 19.3 Å². The molecular formula is C17H17N3O. The lowest BCUT2D eigenvalue weighted by atomic mass is 9.76. The first kappa shape index (κ1) is 10.5. The van der Waals surface area contributed by atoms with Gasteiger partial charge < -0.3 is 4.74 Å². The predicted octanol–water partition coefficient (Wildman–Crippen LogP) is 2.82. The van der Waals surface area contributed by atoms with Crippen LogP contribution in [0.1, 0.15) is 27.2 Å². The van der Waals surface area contributed by atoms with E-state index in [4.69, 9.17) is 7.48 Å². The molecule has 4 nitrogen and oxygen atoms in total. The van der Waals surface area contributed by atoms with E-state index >= 15 is 0 Å². The summed E-state index contributed by atoms with van der Waals surface area (Å²) >= 11 is 0. The molecule has 0 fully saturated rings. The van der Waals surface area contributed by atoms with E-state index < -0.39 is 12.1 Å². The van der Waals surface area contributed by atoms with Crippen LogP contribution in [-0.2, 0) is 17.6 Å². The maximum Gasteiger partial charge on any atom is 0.180 e. The van der Waals surface area contributed by atoms with Gasteiger partial charge in [-0.25, -0.2) is 15.0 Å². The minimum absolute atomic E-state index is 0.430. The Bertz CT molecular complexity index is 792. The summed E-state index contributed by atoms with van der Waals surface area (Å²) in [6.45, 7) is -0.0475. The molecule has 1 aromatic heterocycles. The van der Waals surface area contributed by atoms with Gasteiger partial charge >= 0.3 is 0 Å². The SMILES string of the molecule is [2H]C1([2H])OC(C)=N[C@]12CCc1cccc(-c3cncnc3)c1C2. The second-order valence-corrected chi connectivity index (χ2v) is 5.61. The molecule has 1 spiro atoms. The maximum absolute atomic E-state index is 8.28. The topological polar surface area (TPSA) is 47.4 Å². The first-order valence-electron chi connectivity index (χ1n) is 8.12. The van der Waals surface area contributed by atoms with Crippen LogP contribution < -0.4 is 0 Å². The number of rotatable bonds is 1. The molecule has 0 saturated heterocycles. The van der Waals surface area contributed by atoms with E-state index in [9.17, 15) is 0 Å². The third-order valence-corrected chi connectivity index (χ3v) is 4.18. The highest BCUT2D eigenvalue weighted by atomic mass is 16.5. The minimum atomic E-state index is -1.77. The Morgan fingerprint density at radius 3 is 2.90 bits per heavy atom. The third-order valence-electron chi connectivity index (χ3n) is 4.18. The number of nitrogens with zero attached hydrogens (tertiary/aromatic N) is 3. The minimum Gasteiger partial charge on any atom is -0.479 e. The zero-order valence-electron chi connectivity index (χ0n) is 13.8. The molecule has 0 amide bonds. The lowest BCUT2D eigenvalue weighted by molar-refractivity contribution is 0.236. The summed E-state index contributed by atoms with van der Waals surface area (Å²) in [6, 6.07) is 6.18. The van der Waals surface area contributed by atoms with Crippen LogP contribution >= 0.6 is 0 Å². The van der Waals surface area contributed by atoms with Gasteiger partial charge in [-0.15, -0.1) is 0 Å².